The first-order valence-electron chi connectivity index (χ1n) is 6.58. The first-order valence-corrected chi connectivity index (χ1v) is 6.58. The maximum absolute atomic E-state index is 11.6. The van der Waals surface area contributed by atoms with Crippen molar-refractivity contribution in [3.05, 3.63) is 12.2 Å². The van der Waals surface area contributed by atoms with E-state index in [-0.39, 0.29) is 5.91 Å². The van der Waals surface area contributed by atoms with Crippen LogP contribution in [0.5, 0.6) is 0 Å². The van der Waals surface area contributed by atoms with Crippen LogP contribution in [0, 0.1) is 0 Å². The van der Waals surface area contributed by atoms with Crippen LogP contribution in [-0.2, 0) is 18.3 Å². The number of nitrogens with zero attached hydrogens (tertiary/aromatic N) is 3. The molecule has 1 aliphatic rings. The predicted molar refractivity (Wildman–Crippen MR) is 68.0 cm³/mol. The Kier molecular flexibility index (Phi) is 4.69. The van der Waals surface area contributed by atoms with E-state index in [1.165, 1.54) is 25.7 Å². The molecule has 0 bridgehead atoms. The van der Waals surface area contributed by atoms with Crippen LogP contribution >= 0.6 is 0 Å². The summed E-state index contributed by atoms with van der Waals surface area (Å²) in [6.07, 6.45) is 7.31. The molecule has 0 atom stereocenters. The lowest BCUT2D eigenvalue weighted by Gasteiger charge is -2.11. The third-order valence-corrected chi connectivity index (χ3v) is 3.22. The van der Waals surface area contributed by atoms with E-state index in [4.69, 9.17) is 0 Å². The third kappa shape index (κ3) is 4.10. The maximum Gasteiger partial charge on any atom is 0.233 e. The molecule has 18 heavy (non-hydrogen) atoms. The van der Waals surface area contributed by atoms with Crippen LogP contribution in [0.3, 0.4) is 0 Å². The molecule has 0 radical (unpaired) electrons. The summed E-state index contributed by atoms with van der Waals surface area (Å²) in [6, 6.07) is 0.535. The molecule has 0 spiro atoms. The summed E-state index contributed by atoms with van der Waals surface area (Å²) in [5.41, 5.74) is 0. The molecule has 0 aliphatic heterocycles. The van der Waals surface area contributed by atoms with Crippen LogP contribution in [0.25, 0.3) is 0 Å². The van der Waals surface area contributed by atoms with Gasteiger partial charge in [-0.05, 0) is 12.8 Å². The van der Waals surface area contributed by atoms with Gasteiger partial charge in [-0.1, -0.05) is 12.8 Å². The molecule has 1 amide bonds. The van der Waals surface area contributed by atoms with E-state index in [0.717, 1.165) is 5.82 Å². The molecule has 6 heteroatoms. The lowest BCUT2D eigenvalue weighted by molar-refractivity contribution is -0.120. The van der Waals surface area contributed by atoms with Crippen LogP contribution in [0.2, 0.25) is 0 Å². The van der Waals surface area contributed by atoms with E-state index in [1.807, 2.05) is 7.05 Å². The summed E-state index contributed by atoms with van der Waals surface area (Å²) in [6.45, 7) is 1.01. The van der Waals surface area contributed by atoms with Gasteiger partial charge in [0.1, 0.15) is 6.33 Å². The summed E-state index contributed by atoms with van der Waals surface area (Å²) in [7, 11) is 1.83. The van der Waals surface area contributed by atoms with Crippen molar-refractivity contribution in [2.24, 2.45) is 7.05 Å². The number of rotatable bonds is 6. The molecule has 0 aromatic carbocycles. The van der Waals surface area contributed by atoms with E-state index < -0.39 is 0 Å². The molecule has 1 aromatic heterocycles. The maximum atomic E-state index is 11.6. The third-order valence-electron chi connectivity index (χ3n) is 3.22. The smallest absolute Gasteiger partial charge is 0.233 e. The zero-order chi connectivity index (χ0) is 12.8. The highest BCUT2D eigenvalue weighted by atomic mass is 16.1. The first kappa shape index (κ1) is 13.0. The highest BCUT2D eigenvalue weighted by Gasteiger charge is 2.14. The Labute approximate surface area is 107 Å². The fourth-order valence-electron chi connectivity index (χ4n) is 2.24. The SMILES string of the molecule is Cn1cnc(CCNC(=O)CNC2CCCC2)n1. The number of nitrogens with one attached hydrogen (secondary N) is 2. The molecule has 1 fully saturated rings. The number of carbonyl (C=O) groups excluding carboxylic acids is 1. The van der Waals surface area contributed by atoms with Gasteiger partial charge in [0.25, 0.3) is 0 Å². The van der Waals surface area contributed by atoms with E-state index in [9.17, 15) is 4.79 Å². The molecule has 2 N–H and O–H groups in total. The number of amides is 1. The minimum absolute atomic E-state index is 0.0535. The van der Waals surface area contributed by atoms with E-state index >= 15 is 0 Å². The fourth-order valence-corrected chi connectivity index (χ4v) is 2.24. The molecular formula is C12H21N5O. The Morgan fingerprint density at radius 3 is 2.94 bits per heavy atom. The lowest BCUT2D eigenvalue weighted by atomic mass is 10.2. The van der Waals surface area contributed by atoms with Crippen LogP contribution < -0.4 is 10.6 Å². The molecule has 100 valence electrons. The zero-order valence-corrected chi connectivity index (χ0v) is 10.9. The van der Waals surface area contributed by atoms with Crippen molar-refractivity contribution in [2.45, 2.75) is 38.1 Å². The van der Waals surface area contributed by atoms with Crippen LogP contribution in [0.1, 0.15) is 31.5 Å². The van der Waals surface area contributed by atoms with Gasteiger partial charge in [-0.2, -0.15) is 5.10 Å². The molecule has 1 heterocycles. The number of carbonyl (C=O) groups is 1. The summed E-state index contributed by atoms with van der Waals surface area (Å²) in [5.74, 6) is 0.819. The van der Waals surface area contributed by atoms with Gasteiger partial charge in [-0.25, -0.2) is 4.98 Å². The van der Waals surface area contributed by atoms with Crippen molar-refractivity contribution in [3.8, 4) is 0 Å². The van der Waals surface area contributed by atoms with Crippen molar-refractivity contribution in [1.82, 2.24) is 25.4 Å². The second kappa shape index (κ2) is 6.49. The van der Waals surface area contributed by atoms with Gasteiger partial charge in [-0.15, -0.1) is 0 Å². The normalized spacial score (nSPS) is 16.1. The largest absolute Gasteiger partial charge is 0.355 e. The topological polar surface area (TPSA) is 71.8 Å². The Balaban J connectivity index is 1.57. The summed E-state index contributed by atoms with van der Waals surface area (Å²) in [5, 5.41) is 10.3. The summed E-state index contributed by atoms with van der Waals surface area (Å²) in [4.78, 5) is 15.7. The number of hydrogen-bond acceptors (Lipinski definition) is 4. The highest BCUT2D eigenvalue weighted by Crippen LogP contribution is 2.17. The monoisotopic (exact) mass is 251 g/mol. The molecule has 1 aliphatic carbocycles. The van der Waals surface area contributed by atoms with Gasteiger partial charge in [0.2, 0.25) is 5.91 Å². The van der Waals surface area contributed by atoms with E-state index in [2.05, 4.69) is 20.7 Å². The average Bonchev–Trinajstić information content (AvgIpc) is 2.98. The lowest BCUT2D eigenvalue weighted by Crippen LogP contribution is -2.38. The number of hydrogen-bond donors (Lipinski definition) is 2. The molecule has 1 saturated carbocycles. The Hall–Kier alpha value is -1.43. The van der Waals surface area contributed by atoms with E-state index in [1.54, 1.807) is 11.0 Å². The molecule has 0 saturated heterocycles. The Morgan fingerprint density at radius 1 is 1.50 bits per heavy atom. The molecular weight excluding hydrogens is 230 g/mol. The van der Waals surface area contributed by atoms with Crippen LogP contribution in [-0.4, -0.2) is 39.8 Å². The summed E-state index contributed by atoms with van der Waals surface area (Å²) < 4.78 is 1.67. The molecule has 1 aromatic rings. The van der Waals surface area contributed by atoms with Crippen molar-refractivity contribution in [3.63, 3.8) is 0 Å². The highest BCUT2D eigenvalue weighted by molar-refractivity contribution is 5.77. The fraction of sp³-hybridized carbons (Fsp3) is 0.750. The molecule has 6 nitrogen and oxygen atoms in total. The van der Waals surface area contributed by atoms with Crippen LogP contribution in [0.15, 0.2) is 6.33 Å². The standard InChI is InChI=1S/C12H21N5O/c1-17-9-15-11(16-17)6-7-13-12(18)8-14-10-4-2-3-5-10/h9-10,14H,2-8H2,1H3,(H,13,18). The van der Waals surface area contributed by atoms with Crippen molar-refractivity contribution >= 4 is 5.91 Å². The zero-order valence-electron chi connectivity index (χ0n) is 10.9. The quantitative estimate of drug-likeness (QED) is 0.747. The minimum Gasteiger partial charge on any atom is -0.355 e. The van der Waals surface area contributed by atoms with Gasteiger partial charge in [0, 0.05) is 26.1 Å². The minimum atomic E-state index is 0.0535. The van der Waals surface area contributed by atoms with Gasteiger partial charge < -0.3 is 10.6 Å². The van der Waals surface area contributed by atoms with Gasteiger partial charge in [0.15, 0.2) is 5.82 Å². The predicted octanol–water partition coefficient (Wildman–Crippen LogP) is 0.00600. The van der Waals surface area contributed by atoms with Gasteiger partial charge in [-0.3, -0.25) is 9.48 Å². The first-order chi connectivity index (χ1) is 8.74. The Bertz CT molecular complexity index is 384. The number of aromatic nitrogens is 3. The average molecular weight is 251 g/mol. The van der Waals surface area contributed by atoms with Crippen molar-refractivity contribution in [1.29, 1.82) is 0 Å². The Morgan fingerprint density at radius 2 is 2.28 bits per heavy atom. The van der Waals surface area contributed by atoms with E-state index in [0.29, 0.717) is 25.6 Å². The second-order valence-corrected chi connectivity index (χ2v) is 4.80. The molecule has 2 rings (SSSR count). The molecule has 0 unspecified atom stereocenters. The second-order valence-electron chi connectivity index (χ2n) is 4.80. The van der Waals surface area contributed by atoms with Crippen LogP contribution in [0.4, 0.5) is 0 Å². The van der Waals surface area contributed by atoms with Gasteiger partial charge >= 0.3 is 0 Å². The van der Waals surface area contributed by atoms with Gasteiger partial charge in [0.05, 0.1) is 6.54 Å². The summed E-state index contributed by atoms with van der Waals surface area (Å²) >= 11 is 0. The van der Waals surface area contributed by atoms with Crippen molar-refractivity contribution in [2.75, 3.05) is 13.1 Å². The number of aryl methyl sites for hydroxylation is 1. The van der Waals surface area contributed by atoms with Crippen molar-refractivity contribution < 1.29 is 4.79 Å².